The molecule has 1 aromatic carbocycles. The number of carbonyl (C=O) groups is 1. The zero-order valence-electron chi connectivity index (χ0n) is 16.0. The molecule has 1 saturated carbocycles. The van der Waals surface area contributed by atoms with Gasteiger partial charge in [0, 0.05) is 24.5 Å². The van der Waals surface area contributed by atoms with Crippen LogP contribution in [0.3, 0.4) is 0 Å². The maximum atomic E-state index is 12.5. The second-order valence-corrected chi connectivity index (χ2v) is 9.87. The molecule has 27 heavy (non-hydrogen) atoms. The Bertz CT molecular complexity index is 728. The molecule has 0 radical (unpaired) electrons. The van der Waals surface area contributed by atoms with Crippen molar-refractivity contribution in [3.8, 4) is 0 Å². The highest BCUT2D eigenvalue weighted by molar-refractivity contribution is 7.91. The van der Waals surface area contributed by atoms with Crippen molar-refractivity contribution in [1.82, 2.24) is 0 Å². The average molecular weight is 395 g/mol. The largest absolute Gasteiger partial charge is 0.369 e. The van der Waals surface area contributed by atoms with Crippen LogP contribution in [0, 0.1) is 0 Å². The summed E-state index contributed by atoms with van der Waals surface area (Å²) in [7, 11) is -2.91. The van der Waals surface area contributed by atoms with Crippen LogP contribution in [0.1, 0.15) is 45.4 Å². The van der Waals surface area contributed by atoms with Crippen molar-refractivity contribution in [3.63, 3.8) is 0 Å². The van der Waals surface area contributed by atoms with Crippen molar-refractivity contribution in [3.05, 3.63) is 24.3 Å². The molecule has 7 heteroatoms. The summed E-state index contributed by atoms with van der Waals surface area (Å²) >= 11 is 0. The van der Waals surface area contributed by atoms with Gasteiger partial charge < -0.3 is 15.0 Å². The standard InChI is InChI=1S/C20H30N2O4S/c1-16(26-19-9-4-2-3-5-10-19)20(23)21-17-7-6-8-18(15-17)22-11-13-27(24,25)14-12-22/h6-8,15-16,19H,2-5,9-14H2,1H3,(H,21,23)/t16-/m0/s1. The number of hydrogen-bond acceptors (Lipinski definition) is 5. The van der Waals surface area contributed by atoms with Gasteiger partial charge in [-0.2, -0.15) is 0 Å². The van der Waals surface area contributed by atoms with Gasteiger partial charge in [0.15, 0.2) is 9.84 Å². The Labute approximate surface area is 162 Å². The van der Waals surface area contributed by atoms with Crippen LogP contribution in [0.2, 0.25) is 0 Å². The molecule has 1 aromatic rings. The van der Waals surface area contributed by atoms with Gasteiger partial charge in [-0.1, -0.05) is 31.7 Å². The van der Waals surface area contributed by atoms with Gasteiger partial charge in [-0.15, -0.1) is 0 Å². The lowest BCUT2D eigenvalue weighted by Gasteiger charge is -2.29. The highest BCUT2D eigenvalue weighted by atomic mass is 32.2. The number of sulfone groups is 1. The Kier molecular flexibility index (Phi) is 6.76. The first-order valence-electron chi connectivity index (χ1n) is 9.95. The highest BCUT2D eigenvalue weighted by Gasteiger charge is 2.23. The maximum Gasteiger partial charge on any atom is 0.253 e. The van der Waals surface area contributed by atoms with E-state index in [-0.39, 0.29) is 23.5 Å². The van der Waals surface area contributed by atoms with E-state index in [2.05, 4.69) is 5.32 Å². The van der Waals surface area contributed by atoms with E-state index in [0.29, 0.717) is 18.8 Å². The van der Waals surface area contributed by atoms with Gasteiger partial charge in [0.05, 0.1) is 17.6 Å². The predicted molar refractivity (Wildman–Crippen MR) is 108 cm³/mol. The van der Waals surface area contributed by atoms with Crippen molar-refractivity contribution >= 4 is 27.1 Å². The zero-order valence-corrected chi connectivity index (χ0v) is 16.8. The molecular weight excluding hydrogens is 364 g/mol. The van der Waals surface area contributed by atoms with E-state index in [0.717, 1.165) is 18.5 Å². The summed E-state index contributed by atoms with van der Waals surface area (Å²) in [5.41, 5.74) is 1.64. The monoisotopic (exact) mass is 394 g/mol. The fourth-order valence-corrected chi connectivity index (χ4v) is 4.92. The molecule has 2 fully saturated rings. The number of hydrogen-bond donors (Lipinski definition) is 1. The van der Waals surface area contributed by atoms with Crippen LogP contribution in [0.5, 0.6) is 0 Å². The molecule has 1 atom stereocenters. The zero-order chi connectivity index (χ0) is 19.3. The molecule has 1 saturated heterocycles. The van der Waals surface area contributed by atoms with Crippen LogP contribution >= 0.6 is 0 Å². The minimum absolute atomic E-state index is 0.141. The lowest BCUT2D eigenvalue weighted by atomic mass is 10.1. The van der Waals surface area contributed by atoms with E-state index in [1.54, 1.807) is 6.92 Å². The van der Waals surface area contributed by atoms with Gasteiger partial charge in [0.1, 0.15) is 6.10 Å². The predicted octanol–water partition coefficient (Wildman–Crippen LogP) is 2.99. The first kappa shape index (κ1) is 20.1. The second kappa shape index (κ2) is 9.06. The third-order valence-corrected chi connectivity index (χ3v) is 7.00. The molecule has 1 heterocycles. The van der Waals surface area contributed by atoms with Crippen LogP contribution in [0.25, 0.3) is 0 Å². The molecule has 1 aliphatic carbocycles. The average Bonchev–Trinajstić information content (AvgIpc) is 2.90. The molecule has 1 aliphatic heterocycles. The summed E-state index contributed by atoms with van der Waals surface area (Å²) < 4.78 is 29.2. The Hall–Kier alpha value is -1.60. The summed E-state index contributed by atoms with van der Waals surface area (Å²) in [6, 6.07) is 7.57. The van der Waals surface area contributed by atoms with Crippen LogP contribution < -0.4 is 10.2 Å². The summed E-state index contributed by atoms with van der Waals surface area (Å²) in [6.07, 6.45) is 6.61. The van der Waals surface area contributed by atoms with E-state index in [4.69, 9.17) is 4.74 Å². The maximum absolute atomic E-state index is 12.5. The third-order valence-electron chi connectivity index (χ3n) is 5.39. The first-order valence-corrected chi connectivity index (χ1v) is 11.8. The summed E-state index contributed by atoms with van der Waals surface area (Å²) in [4.78, 5) is 14.6. The molecule has 0 bridgehead atoms. The number of rotatable bonds is 5. The normalized spacial score (nSPS) is 22.0. The molecular formula is C20H30N2O4S. The number of ether oxygens (including phenoxy) is 1. The summed E-state index contributed by atoms with van der Waals surface area (Å²) in [6.45, 7) is 2.78. The third kappa shape index (κ3) is 5.94. The van der Waals surface area contributed by atoms with Crippen molar-refractivity contribution in [1.29, 1.82) is 0 Å². The van der Waals surface area contributed by atoms with Crippen molar-refractivity contribution < 1.29 is 17.9 Å². The minimum Gasteiger partial charge on any atom is -0.369 e. The van der Waals surface area contributed by atoms with E-state index in [1.165, 1.54) is 25.7 Å². The van der Waals surface area contributed by atoms with Gasteiger partial charge in [0.2, 0.25) is 0 Å². The summed E-state index contributed by atoms with van der Waals surface area (Å²) in [5.74, 6) is 0.212. The molecule has 0 unspecified atom stereocenters. The Morgan fingerprint density at radius 3 is 2.48 bits per heavy atom. The van der Waals surface area contributed by atoms with Crippen molar-refractivity contribution in [2.45, 2.75) is 57.7 Å². The number of anilines is 2. The fourth-order valence-electron chi connectivity index (χ4n) is 3.72. The lowest BCUT2D eigenvalue weighted by Crippen LogP contribution is -2.40. The molecule has 150 valence electrons. The lowest BCUT2D eigenvalue weighted by molar-refractivity contribution is -0.130. The van der Waals surface area contributed by atoms with Gasteiger partial charge in [0.25, 0.3) is 5.91 Å². The molecule has 0 aromatic heterocycles. The quantitative estimate of drug-likeness (QED) is 0.777. The smallest absolute Gasteiger partial charge is 0.253 e. The molecule has 2 aliphatic rings. The Morgan fingerprint density at radius 1 is 1.15 bits per heavy atom. The second-order valence-electron chi connectivity index (χ2n) is 7.57. The molecule has 1 amide bonds. The Morgan fingerprint density at radius 2 is 1.81 bits per heavy atom. The van der Waals surface area contributed by atoms with Crippen LogP contribution in [-0.4, -0.2) is 51.1 Å². The highest BCUT2D eigenvalue weighted by Crippen LogP contribution is 2.23. The molecule has 1 N–H and O–H groups in total. The van der Waals surface area contributed by atoms with E-state index >= 15 is 0 Å². The van der Waals surface area contributed by atoms with E-state index in [9.17, 15) is 13.2 Å². The van der Waals surface area contributed by atoms with Crippen LogP contribution in [0.15, 0.2) is 24.3 Å². The van der Waals surface area contributed by atoms with Crippen molar-refractivity contribution in [2.24, 2.45) is 0 Å². The van der Waals surface area contributed by atoms with Crippen LogP contribution in [0.4, 0.5) is 11.4 Å². The van der Waals surface area contributed by atoms with Gasteiger partial charge in [-0.05, 0) is 38.0 Å². The number of benzene rings is 1. The topological polar surface area (TPSA) is 75.7 Å². The molecule has 0 spiro atoms. The number of nitrogens with one attached hydrogen (secondary N) is 1. The first-order chi connectivity index (χ1) is 12.9. The van der Waals surface area contributed by atoms with Gasteiger partial charge in [-0.3, -0.25) is 4.79 Å². The van der Waals surface area contributed by atoms with E-state index in [1.807, 2.05) is 29.2 Å². The SMILES string of the molecule is C[C@H](OC1CCCCCC1)C(=O)Nc1cccc(N2CCS(=O)(=O)CC2)c1. The number of amides is 1. The van der Waals surface area contributed by atoms with Crippen molar-refractivity contribution in [2.75, 3.05) is 34.8 Å². The van der Waals surface area contributed by atoms with Crippen LogP contribution in [-0.2, 0) is 19.4 Å². The van der Waals surface area contributed by atoms with Gasteiger partial charge in [-0.25, -0.2) is 8.42 Å². The molecule has 6 nitrogen and oxygen atoms in total. The summed E-state index contributed by atoms with van der Waals surface area (Å²) in [5, 5.41) is 2.93. The minimum atomic E-state index is -2.91. The van der Waals surface area contributed by atoms with Gasteiger partial charge >= 0.3 is 0 Å². The Balaban J connectivity index is 1.56. The number of carbonyl (C=O) groups excluding carboxylic acids is 1. The molecule has 3 rings (SSSR count). The number of nitrogens with zero attached hydrogens (tertiary/aromatic N) is 1. The van der Waals surface area contributed by atoms with E-state index < -0.39 is 15.9 Å². The fraction of sp³-hybridized carbons (Fsp3) is 0.650.